The molecule has 2 aromatic carbocycles. The molecule has 1 aromatic heterocycles. The predicted molar refractivity (Wildman–Crippen MR) is 110 cm³/mol. The minimum Gasteiger partial charge on any atom is -0.491 e. The Kier molecular flexibility index (Phi) is 6.73. The topological polar surface area (TPSA) is 76.1 Å². The second kappa shape index (κ2) is 9.64. The summed E-state index contributed by atoms with van der Waals surface area (Å²) in [6.07, 6.45) is 3.67. The maximum Gasteiger partial charge on any atom is 0.254 e. The van der Waals surface area contributed by atoms with Crippen LogP contribution in [0.4, 0.5) is 16.0 Å². The molecule has 0 bridgehead atoms. The summed E-state index contributed by atoms with van der Waals surface area (Å²) in [6.45, 7) is 4.39. The van der Waals surface area contributed by atoms with Crippen molar-refractivity contribution in [2.45, 2.75) is 26.4 Å². The van der Waals surface area contributed by atoms with Crippen molar-refractivity contribution in [2.24, 2.45) is 0 Å². The van der Waals surface area contributed by atoms with E-state index >= 15 is 0 Å². The second-order valence-corrected chi connectivity index (χ2v) is 6.74. The highest BCUT2D eigenvalue weighted by Crippen LogP contribution is 2.19. The molecular formula is C22H23FN4O2. The van der Waals surface area contributed by atoms with Gasteiger partial charge in [-0.05, 0) is 62.2 Å². The highest BCUT2D eigenvalue weighted by atomic mass is 19.1. The molecule has 3 aromatic rings. The van der Waals surface area contributed by atoms with Crippen molar-refractivity contribution in [3.8, 4) is 5.75 Å². The lowest BCUT2D eigenvalue weighted by Gasteiger charge is -2.10. The molecule has 0 saturated carbocycles. The summed E-state index contributed by atoms with van der Waals surface area (Å²) in [6, 6.07) is 13.7. The first-order valence-corrected chi connectivity index (χ1v) is 9.38. The summed E-state index contributed by atoms with van der Waals surface area (Å²) in [4.78, 5) is 20.6. The van der Waals surface area contributed by atoms with Gasteiger partial charge in [0.2, 0.25) is 5.95 Å². The van der Waals surface area contributed by atoms with E-state index in [0.717, 1.165) is 17.0 Å². The fourth-order valence-electron chi connectivity index (χ4n) is 2.60. The van der Waals surface area contributed by atoms with Crippen LogP contribution < -0.4 is 15.4 Å². The van der Waals surface area contributed by atoms with Crippen LogP contribution in [0.1, 0.15) is 29.8 Å². The van der Waals surface area contributed by atoms with Gasteiger partial charge in [-0.3, -0.25) is 4.79 Å². The van der Waals surface area contributed by atoms with E-state index in [0.29, 0.717) is 24.5 Å². The zero-order chi connectivity index (χ0) is 20.6. The molecule has 0 saturated heterocycles. The van der Waals surface area contributed by atoms with E-state index < -0.39 is 0 Å². The van der Waals surface area contributed by atoms with Crippen LogP contribution in [-0.2, 0) is 6.42 Å². The maximum absolute atomic E-state index is 12.9. The summed E-state index contributed by atoms with van der Waals surface area (Å²) in [5, 5.41) is 5.89. The normalized spacial score (nSPS) is 10.6. The van der Waals surface area contributed by atoms with E-state index in [2.05, 4.69) is 20.6 Å². The average molecular weight is 394 g/mol. The molecule has 0 spiro atoms. The minimum atomic E-state index is -0.275. The monoisotopic (exact) mass is 394 g/mol. The third-order valence-electron chi connectivity index (χ3n) is 4.01. The summed E-state index contributed by atoms with van der Waals surface area (Å²) in [7, 11) is 0. The van der Waals surface area contributed by atoms with Crippen molar-refractivity contribution in [2.75, 3.05) is 11.9 Å². The first kappa shape index (κ1) is 20.3. The van der Waals surface area contributed by atoms with Gasteiger partial charge >= 0.3 is 0 Å². The highest BCUT2D eigenvalue weighted by Gasteiger charge is 2.07. The van der Waals surface area contributed by atoms with Gasteiger partial charge in [0, 0.05) is 24.6 Å². The zero-order valence-corrected chi connectivity index (χ0v) is 16.4. The Morgan fingerprint density at radius 2 is 1.69 bits per heavy atom. The number of halogens is 1. The van der Waals surface area contributed by atoms with E-state index in [4.69, 9.17) is 4.74 Å². The SMILES string of the molecule is CC(C)Oc1ccc(Nc2ncc(C(=O)NCCc3ccc(F)cc3)cn2)cc1. The smallest absolute Gasteiger partial charge is 0.254 e. The van der Waals surface area contributed by atoms with Crippen LogP contribution in [0.25, 0.3) is 0 Å². The number of hydrogen-bond donors (Lipinski definition) is 2. The molecule has 3 rings (SSSR count). The van der Waals surface area contributed by atoms with Crippen molar-refractivity contribution >= 4 is 17.5 Å². The van der Waals surface area contributed by atoms with Crippen molar-refractivity contribution in [3.63, 3.8) is 0 Å². The van der Waals surface area contributed by atoms with Gasteiger partial charge in [0.05, 0.1) is 11.7 Å². The van der Waals surface area contributed by atoms with Gasteiger partial charge < -0.3 is 15.4 Å². The number of nitrogens with zero attached hydrogens (tertiary/aromatic N) is 2. The number of nitrogens with one attached hydrogen (secondary N) is 2. The molecule has 2 N–H and O–H groups in total. The van der Waals surface area contributed by atoms with Gasteiger partial charge in [-0.25, -0.2) is 14.4 Å². The number of hydrogen-bond acceptors (Lipinski definition) is 5. The number of rotatable bonds is 8. The molecule has 6 nitrogen and oxygen atoms in total. The van der Waals surface area contributed by atoms with E-state index in [1.807, 2.05) is 38.1 Å². The third kappa shape index (κ3) is 6.27. The third-order valence-corrected chi connectivity index (χ3v) is 4.01. The number of aromatic nitrogens is 2. The van der Waals surface area contributed by atoms with E-state index in [1.54, 1.807) is 12.1 Å². The van der Waals surface area contributed by atoms with E-state index in [-0.39, 0.29) is 17.8 Å². The van der Waals surface area contributed by atoms with Crippen molar-refractivity contribution in [3.05, 3.63) is 77.9 Å². The van der Waals surface area contributed by atoms with E-state index in [1.165, 1.54) is 24.5 Å². The van der Waals surface area contributed by atoms with Crippen LogP contribution in [0.15, 0.2) is 60.9 Å². The average Bonchev–Trinajstić information content (AvgIpc) is 2.71. The number of amides is 1. The fourth-order valence-corrected chi connectivity index (χ4v) is 2.60. The van der Waals surface area contributed by atoms with Gasteiger partial charge in [0.15, 0.2) is 0 Å². The molecule has 150 valence electrons. The van der Waals surface area contributed by atoms with Crippen molar-refractivity contribution in [1.29, 1.82) is 0 Å². The Hall–Kier alpha value is -3.48. The lowest BCUT2D eigenvalue weighted by molar-refractivity contribution is 0.0953. The van der Waals surface area contributed by atoms with Crippen LogP contribution in [-0.4, -0.2) is 28.5 Å². The van der Waals surface area contributed by atoms with Crippen molar-refractivity contribution < 1.29 is 13.9 Å². The zero-order valence-electron chi connectivity index (χ0n) is 16.4. The maximum atomic E-state index is 12.9. The van der Waals surface area contributed by atoms with Crippen LogP contribution in [0.5, 0.6) is 5.75 Å². The fraction of sp³-hybridized carbons (Fsp3) is 0.227. The van der Waals surface area contributed by atoms with Crippen molar-refractivity contribution in [1.82, 2.24) is 15.3 Å². The number of anilines is 2. The minimum absolute atomic E-state index is 0.117. The Morgan fingerprint density at radius 3 is 2.31 bits per heavy atom. The summed E-state index contributed by atoms with van der Waals surface area (Å²) in [5.41, 5.74) is 2.14. The molecule has 7 heteroatoms. The largest absolute Gasteiger partial charge is 0.491 e. The molecule has 0 aliphatic carbocycles. The summed E-state index contributed by atoms with van der Waals surface area (Å²) in [5.74, 6) is 0.654. The molecule has 1 amide bonds. The summed E-state index contributed by atoms with van der Waals surface area (Å²) >= 11 is 0. The summed E-state index contributed by atoms with van der Waals surface area (Å²) < 4.78 is 18.5. The quantitative estimate of drug-likeness (QED) is 0.601. The molecule has 0 fully saturated rings. The van der Waals surface area contributed by atoms with Crippen LogP contribution in [0.3, 0.4) is 0 Å². The van der Waals surface area contributed by atoms with Gasteiger partial charge in [0.1, 0.15) is 11.6 Å². The van der Waals surface area contributed by atoms with Gasteiger partial charge in [-0.15, -0.1) is 0 Å². The number of carbonyl (C=O) groups excluding carboxylic acids is 1. The molecule has 0 aliphatic heterocycles. The van der Waals surface area contributed by atoms with Crippen LogP contribution in [0, 0.1) is 5.82 Å². The van der Waals surface area contributed by atoms with E-state index in [9.17, 15) is 9.18 Å². The Labute approximate surface area is 169 Å². The molecule has 0 aliphatic rings. The van der Waals surface area contributed by atoms with Crippen LogP contribution >= 0.6 is 0 Å². The Balaban J connectivity index is 1.49. The second-order valence-electron chi connectivity index (χ2n) is 6.74. The molecular weight excluding hydrogens is 371 g/mol. The van der Waals surface area contributed by atoms with Gasteiger partial charge in [0.25, 0.3) is 5.91 Å². The highest BCUT2D eigenvalue weighted by molar-refractivity contribution is 5.93. The predicted octanol–water partition coefficient (Wildman–Crippen LogP) is 4.12. The molecule has 0 unspecified atom stereocenters. The first-order valence-electron chi connectivity index (χ1n) is 9.38. The molecule has 29 heavy (non-hydrogen) atoms. The Bertz CT molecular complexity index is 927. The number of ether oxygens (including phenoxy) is 1. The molecule has 1 heterocycles. The van der Waals surface area contributed by atoms with Gasteiger partial charge in [-0.2, -0.15) is 0 Å². The molecule has 0 atom stereocenters. The lowest BCUT2D eigenvalue weighted by atomic mass is 10.1. The number of benzene rings is 2. The Morgan fingerprint density at radius 1 is 1.03 bits per heavy atom. The first-order chi connectivity index (χ1) is 14.0. The lowest BCUT2D eigenvalue weighted by Crippen LogP contribution is -2.26. The van der Waals surface area contributed by atoms with Crippen LogP contribution in [0.2, 0.25) is 0 Å². The number of carbonyl (C=O) groups is 1. The molecule has 0 radical (unpaired) electrons. The van der Waals surface area contributed by atoms with Gasteiger partial charge in [-0.1, -0.05) is 12.1 Å². The standard InChI is InChI=1S/C22H23FN4O2/c1-15(2)29-20-9-7-19(8-10-20)27-22-25-13-17(14-26-22)21(28)24-12-11-16-3-5-18(23)6-4-16/h3-10,13-15H,11-12H2,1-2H3,(H,24,28)(H,25,26,27).